The van der Waals surface area contributed by atoms with E-state index in [4.69, 9.17) is 4.74 Å². The van der Waals surface area contributed by atoms with Gasteiger partial charge in [-0.05, 0) is 62.2 Å². The number of aryl methyl sites for hydroxylation is 1. The zero-order valence-corrected chi connectivity index (χ0v) is 15.5. The highest BCUT2D eigenvalue weighted by molar-refractivity contribution is 5.60. The summed E-state index contributed by atoms with van der Waals surface area (Å²) >= 11 is 0. The molecule has 140 valence electrons. The largest absolute Gasteiger partial charge is 0.494 e. The van der Waals surface area contributed by atoms with Crippen molar-refractivity contribution in [1.29, 1.82) is 0 Å². The maximum Gasteiger partial charge on any atom is 0.136 e. The lowest BCUT2D eigenvalue weighted by molar-refractivity contribution is 0.340. The number of hydrogen-bond acceptors (Lipinski definition) is 5. The molecule has 0 fully saturated rings. The van der Waals surface area contributed by atoms with Crippen molar-refractivity contribution in [2.45, 2.75) is 20.3 Å². The molecule has 2 aromatic carbocycles. The molecule has 0 saturated carbocycles. The number of aromatic nitrogens is 2. The molecule has 0 spiro atoms. The molecule has 0 aliphatic heterocycles. The van der Waals surface area contributed by atoms with Crippen LogP contribution < -0.4 is 15.4 Å². The Hall–Kier alpha value is -3.15. The molecule has 1 heterocycles. The van der Waals surface area contributed by atoms with Gasteiger partial charge in [-0.1, -0.05) is 12.1 Å². The predicted molar refractivity (Wildman–Crippen MR) is 106 cm³/mol. The molecule has 0 aliphatic rings. The normalized spacial score (nSPS) is 10.5. The van der Waals surface area contributed by atoms with E-state index in [2.05, 4.69) is 20.6 Å². The van der Waals surface area contributed by atoms with E-state index in [0.717, 1.165) is 35.1 Å². The molecule has 0 bridgehead atoms. The number of nitrogens with one attached hydrogen (secondary N) is 2. The molecule has 0 radical (unpaired) electrons. The fourth-order valence-electron chi connectivity index (χ4n) is 2.66. The molecule has 27 heavy (non-hydrogen) atoms. The number of benzene rings is 2. The zero-order valence-electron chi connectivity index (χ0n) is 15.5. The second-order valence-electron chi connectivity index (χ2n) is 6.07. The molecule has 3 aromatic rings. The van der Waals surface area contributed by atoms with Crippen LogP contribution in [0.3, 0.4) is 0 Å². The Labute approximate surface area is 158 Å². The Balaban J connectivity index is 1.60. The second-order valence-corrected chi connectivity index (χ2v) is 6.07. The van der Waals surface area contributed by atoms with Gasteiger partial charge in [0, 0.05) is 18.3 Å². The standard InChI is InChI=1S/C21H23FN4O/c1-3-27-19-10-8-18(9-11-19)26-21-14-20(24-15(2)25-21)23-13-12-16-4-6-17(22)7-5-16/h4-11,14H,3,12-13H2,1-2H3,(H2,23,24,25,26). The van der Waals surface area contributed by atoms with Crippen molar-refractivity contribution in [1.82, 2.24) is 9.97 Å². The van der Waals surface area contributed by atoms with Crippen LogP contribution in [0.5, 0.6) is 5.75 Å². The quantitative estimate of drug-likeness (QED) is 0.604. The van der Waals surface area contributed by atoms with Crippen LogP contribution in [0.15, 0.2) is 54.6 Å². The molecule has 6 heteroatoms. The highest BCUT2D eigenvalue weighted by Gasteiger charge is 2.03. The molecular weight excluding hydrogens is 343 g/mol. The minimum Gasteiger partial charge on any atom is -0.494 e. The van der Waals surface area contributed by atoms with E-state index in [1.807, 2.05) is 44.2 Å². The van der Waals surface area contributed by atoms with Crippen molar-refractivity contribution in [3.8, 4) is 5.75 Å². The first-order valence-corrected chi connectivity index (χ1v) is 8.96. The fraction of sp³-hybridized carbons (Fsp3) is 0.238. The average Bonchev–Trinajstić information content (AvgIpc) is 2.65. The van der Waals surface area contributed by atoms with Gasteiger partial charge in [-0.2, -0.15) is 0 Å². The maximum absolute atomic E-state index is 13.0. The van der Waals surface area contributed by atoms with E-state index >= 15 is 0 Å². The summed E-state index contributed by atoms with van der Waals surface area (Å²) in [4.78, 5) is 8.85. The van der Waals surface area contributed by atoms with E-state index in [0.29, 0.717) is 19.0 Å². The van der Waals surface area contributed by atoms with E-state index < -0.39 is 0 Å². The van der Waals surface area contributed by atoms with Crippen molar-refractivity contribution in [3.63, 3.8) is 0 Å². The van der Waals surface area contributed by atoms with Crippen molar-refractivity contribution < 1.29 is 9.13 Å². The summed E-state index contributed by atoms with van der Waals surface area (Å²) in [6, 6.07) is 16.1. The Morgan fingerprint density at radius 2 is 1.67 bits per heavy atom. The van der Waals surface area contributed by atoms with Gasteiger partial charge in [0.05, 0.1) is 6.61 Å². The second kappa shape index (κ2) is 8.98. The van der Waals surface area contributed by atoms with Gasteiger partial charge in [-0.25, -0.2) is 14.4 Å². The summed E-state index contributed by atoms with van der Waals surface area (Å²) in [5.41, 5.74) is 2.00. The third-order valence-electron chi connectivity index (χ3n) is 3.91. The molecule has 2 N–H and O–H groups in total. The number of rotatable bonds is 8. The first kappa shape index (κ1) is 18.6. The molecule has 3 rings (SSSR count). The van der Waals surface area contributed by atoms with E-state index in [-0.39, 0.29) is 5.82 Å². The van der Waals surface area contributed by atoms with Gasteiger partial charge >= 0.3 is 0 Å². The summed E-state index contributed by atoms with van der Waals surface area (Å²) in [5.74, 6) is 2.76. The van der Waals surface area contributed by atoms with Gasteiger partial charge in [-0.3, -0.25) is 0 Å². The highest BCUT2D eigenvalue weighted by atomic mass is 19.1. The minimum absolute atomic E-state index is 0.219. The SMILES string of the molecule is CCOc1ccc(Nc2cc(NCCc3ccc(F)cc3)nc(C)n2)cc1. The summed E-state index contributed by atoms with van der Waals surface area (Å²) < 4.78 is 18.4. The van der Waals surface area contributed by atoms with Crippen LogP contribution in [-0.2, 0) is 6.42 Å². The van der Waals surface area contributed by atoms with Crippen LogP contribution in [0.4, 0.5) is 21.7 Å². The van der Waals surface area contributed by atoms with Gasteiger partial charge in [0.1, 0.15) is 29.0 Å². The third kappa shape index (κ3) is 5.67. The lowest BCUT2D eigenvalue weighted by Crippen LogP contribution is -2.08. The Bertz CT molecular complexity index is 866. The minimum atomic E-state index is -0.219. The van der Waals surface area contributed by atoms with Crippen molar-refractivity contribution in [3.05, 3.63) is 71.8 Å². The smallest absolute Gasteiger partial charge is 0.136 e. The predicted octanol–water partition coefficient (Wildman–Crippen LogP) is 4.72. The van der Waals surface area contributed by atoms with E-state index in [9.17, 15) is 4.39 Å². The lowest BCUT2D eigenvalue weighted by atomic mass is 10.1. The van der Waals surface area contributed by atoms with Gasteiger partial charge in [0.2, 0.25) is 0 Å². The molecule has 0 amide bonds. The van der Waals surface area contributed by atoms with E-state index in [1.54, 1.807) is 12.1 Å². The van der Waals surface area contributed by atoms with Crippen molar-refractivity contribution in [2.24, 2.45) is 0 Å². The average molecular weight is 366 g/mol. The Morgan fingerprint density at radius 1 is 0.963 bits per heavy atom. The van der Waals surface area contributed by atoms with Crippen LogP contribution in [-0.4, -0.2) is 23.1 Å². The third-order valence-corrected chi connectivity index (χ3v) is 3.91. The Kier molecular flexibility index (Phi) is 6.20. The van der Waals surface area contributed by atoms with Gasteiger partial charge in [0.15, 0.2) is 0 Å². The lowest BCUT2D eigenvalue weighted by Gasteiger charge is -2.11. The molecule has 5 nitrogen and oxygen atoms in total. The molecule has 0 atom stereocenters. The maximum atomic E-state index is 13.0. The van der Waals surface area contributed by atoms with Crippen molar-refractivity contribution in [2.75, 3.05) is 23.8 Å². The molecule has 0 unspecified atom stereocenters. The highest BCUT2D eigenvalue weighted by Crippen LogP contribution is 2.20. The van der Waals surface area contributed by atoms with Crippen LogP contribution >= 0.6 is 0 Å². The van der Waals surface area contributed by atoms with Crippen LogP contribution in [0, 0.1) is 12.7 Å². The topological polar surface area (TPSA) is 59.1 Å². The molecular formula is C21H23FN4O. The van der Waals surface area contributed by atoms with Gasteiger partial charge in [-0.15, -0.1) is 0 Å². The molecule has 1 aromatic heterocycles. The van der Waals surface area contributed by atoms with Crippen LogP contribution in [0.25, 0.3) is 0 Å². The van der Waals surface area contributed by atoms with Crippen LogP contribution in [0.1, 0.15) is 18.3 Å². The number of ether oxygens (including phenoxy) is 1. The number of halogens is 1. The summed E-state index contributed by atoms with van der Waals surface area (Å²) in [7, 11) is 0. The fourth-order valence-corrected chi connectivity index (χ4v) is 2.66. The van der Waals surface area contributed by atoms with E-state index in [1.165, 1.54) is 12.1 Å². The number of hydrogen-bond donors (Lipinski definition) is 2. The summed E-state index contributed by atoms with van der Waals surface area (Å²) in [6.07, 6.45) is 0.783. The molecule has 0 saturated heterocycles. The summed E-state index contributed by atoms with van der Waals surface area (Å²) in [6.45, 7) is 5.16. The summed E-state index contributed by atoms with van der Waals surface area (Å²) in [5, 5.41) is 6.58. The zero-order chi connectivity index (χ0) is 19.1. The molecule has 0 aliphatic carbocycles. The number of anilines is 3. The Morgan fingerprint density at radius 3 is 2.37 bits per heavy atom. The number of nitrogens with zero attached hydrogens (tertiary/aromatic N) is 2. The van der Waals surface area contributed by atoms with Crippen LogP contribution in [0.2, 0.25) is 0 Å². The first-order chi connectivity index (χ1) is 13.1. The monoisotopic (exact) mass is 366 g/mol. The van der Waals surface area contributed by atoms with Gasteiger partial charge in [0.25, 0.3) is 0 Å². The van der Waals surface area contributed by atoms with Crippen molar-refractivity contribution >= 4 is 17.3 Å². The first-order valence-electron chi connectivity index (χ1n) is 8.96. The van der Waals surface area contributed by atoms with Gasteiger partial charge < -0.3 is 15.4 Å².